The van der Waals surface area contributed by atoms with Gasteiger partial charge in [-0.3, -0.25) is 0 Å². The summed E-state index contributed by atoms with van der Waals surface area (Å²) >= 11 is 1.81. The standard InChI is InChI=1S/C64H38N4S/c1-3-16-39(17-4-1)61-65-62(40-18-5-2-6-19-40)67-63(66-61)48-24-15-29-59-60(48)51-37-42(31-35-58(51)69-59)41-30-34-57-50(36-41)47-23-10-14-28-56(47)68(57)43-32-33-55-49(38-43)46-22-9-13-27-54(46)64(55)52-25-11-7-20-44(52)45-21-8-12-26-53(45)64/h1-38H. The molecule has 5 heteroatoms. The molecule has 69 heavy (non-hydrogen) atoms. The molecule has 0 unspecified atom stereocenters. The molecule has 10 aromatic carbocycles. The molecule has 0 amide bonds. The fourth-order valence-corrected chi connectivity index (χ4v) is 12.9. The molecule has 3 aromatic heterocycles. The van der Waals surface area contributed by atoms with Crippen molar-refractivity contribution in [3.05, 3.63) is 253 Å². The highest BCUT2D eigenvalue weighted by Crippen LogP contribution is 2.63. The van der Waals surface area contributed by atoms with Crippen LogP contribution in [0, 0.1) is 0 Å². The van der Waals surface area contributed by atoms with Crippen molar-refractivity contribution in [1.82, 2.24) is 19.5 Å². The van der Waals surface area contributed by atoms with Crippen LogP contribution in [-0.4, -0.2) is 19.5 Å². The van der Waals surface area contributed by atoms with E-state index in [1.807, 2.05) is 47.7 Å². The second kappa shape index (κ2) is 14.6. The SMILES string of the molecule is c1ccc(-c2nc(-c3ccccc3)nc(-c3cccc4sc5ccc(-c6ccc7c(c6)c6ccccc6n7-c6ccc7c(c6)-c6ccccc6C76c7ccccc7-c7ccccc76)cc5c34)n2)cc1. The Kier molecular flexibility index (Phi) is 8.12. The van der Waals surface area contributed by atoms with Crippen LogP contribution >= 0.6 is 11.3 Å². The van der Waals surface area contributed by atoms with Crippen LogP contribution < -0.4 is 0 Å². The molecule has 4 nitrogen and oxygen atoms in total. The molecule has 2 aliphatic rings. The van der Waals surface area contributed by atoms with Gasteiger partial charge in [0.15, 0.2) is 17.5 Å². The maximum absolute atomic E-state index is 5.15. The smallest absolute Gasteiger partial charge is 0.164 e. The minimum Gasteiger partial charge on any atom is -0.309 e. The molecule has 0 saturated carbocycles. The number of para-hydroxylation sites is 1. The molecule has 13 aromatic rings. The zero-order valence-corrected chi connectivity index (χ0v) is 38.0. The lowest BCUT2D eigenvalue weighted by atomic mass is 9.70. The molecule has 0 atom stereocenters. The topological polar surface area (TPSA) is 43.6 Å². The van der Waals surface area contributed by atoms with Gasteiger partial charge in [0.1, 0.15) is 0 Å². The van der Waals surface area contributed by atoms with Crippen molar-refractivity contribution in [3.8, 4) is 73.2 Å². The summed E-state index contributed by atoms with van der Waals surface area (Å²) in [5.74, 6) is 1.97. The Hall–Kier alpha value is -8.77. The molecule has 320 valence electrons. The van der Waals surface area contributed by atoms with E-state index in [4.69, 9.17) is 15.0 Å². The van der Waals surface area contributed by atoms with Crippen molar-refractivity contribution in [3.63, 3.8) is 0 Å². The number of nitrogens with zero attached hydrogens (tertiary/aromatic N) is 4. The van der Waals surface area contributed by atoms with E-state index in [0.29, 0.717) is 17.5 Å². The van der Waals surface area contributed by atoms with Crippen LogP contribution in [0.5, 0.6) is 0 Å². The van der Waals surface area contributed by atoms with Crippen LogP contribution in [0.3, 0.4) is 0 Å². The average molecular weight is 895 g/mol. The second-order valence-corrected chi connectivity index (χ2v) is 19.3. The Morgan fingerprint density at radius 3 is 1.52 bits per heavy atom. The van der Waals surface area contributed by atoms with E-state index < -0.39 is 0 Å². The van der Waals surface area contributed by atoms with E-state index in [2.05, 4.69) is 199 Å². The number of fused-ring (bicyclic) bond motifs is 16. The molecule has 1 spiro atoms. The monoisotopic (exact) mass is 894 g/mol. The Morgan fingerprint density at radius 2 is 0.841 bits per heavy atom. The van der Waals surface area contributed by atoms with E-state index in [1.165, 1.54) is 86.7 Å². The van der Waals surface area contributed by atoms with E-state index in [0.717, 1.165) is 33.3 Å². The number of aromatic nitrogens is 4. The fourth-order valence-electron chi connectivity index (χ4n) is 11.8. The molecule has 3 heterocycles. The van der Waals surface area contributed by atoms with Gasteiger partial charge < -0.3 is 4.57 Å². The van der Waals surface area contributed by atoms with Crippen molar-refractivity contribution < 1.29 is 0 Å². The van der Waals surface area contributed by atoms with Crippen LogP contribution in [0.1, 0.15) is 22.3 Å². The van der Waals surface area contributed by atoms with E-state index in [1.54, 1.807) is 0 Å². The minimum absolute atomic E-state index is 0.370. The van der Waals surface area contributed by atoms with Crippen molar-refractivity contribution in [1.29, 1.82) is 0 Å². The Balaban J connectivity index is 0.880. The third-order valence-electron chi connectivity index (χ3n) is 14.7. The summed E-state index contributed by atoms with van der Waals surface area (Å²) in [6.45, 7) is 0. The van der Waals surface area contributed by atoms with Gasteiger partial charge >= 0.3 is 0 Å². The van der Waals surface area contributed by atoms with Crippen LogP contribution in [0.25, 0.3) is 115 Å². The molecular weight excluding hydrogens is 857 g/mol. The highest BCUT2D eigenvalue weighted by molar-refractivity contribution is 7.26. The van der Waals surface area contributed by atoms with E-state index in [9.17, 15) is 0 Å². The summed E-state index contributed by atoms with van der Waals surface area (Å²) in [7, 11) is 0. The summed E-state index contributed by atoms with van der Waals surface area (Å²) in [5, 5.41) is 4.80. The molecule has 0 bridgehead atoms. The summed E-state index contributed by atoms with van der Waals surface area (Å²) in [4.78, 5) is 15.3. The van der Waals surface area contributed by atoms with Gasteiger partial charge in [-0.15, -0.1) is 11.3 Å². The van der Waals surface area contributed by atoms with Gasteiger partial charge in [0.25, 0.3) is 0 Å². The number of thiophene rings is 1. The second-order valence-electron chi connectivity index (χ2n) is 18.2. The Bertz CT molecular complexity index is 4160. The highest BCUT2D eigenvalue weighted by Gasteiger charge is 2.51. The van der Waals surface area contributed by atoms with Gasteiger partial charge in [-0.05, 0) is 104 Å². The van der Waals surface area contributed by atoms with Crippen LogP contribution in [-0.2, 0) is 5.41 Å². The van der Waals surface area contributed by atoms with Crippen molar-refractivity contribution >= 4 is 53.3 Å². The number of benzene rings is 10. The Morgan fingerprint density at radius 1 is 0.319 bits per heavy atom. The minimum atomic E-state index is -0.370. The third-order valence-corrected chi connectivity index (χ3v) is 15.8. The first kappa shape index (κ1) is 38.3. The average Bonchev–Trinajstić information content (AvgIpc) is 4.14. The fraction of sp³-hybridized carbons (Fsp3) is 0.0156. The molecular formula is C64H38N4S. The van der Waals surface area contributed by atoms with Crippen LogP contribution in [0.2, 0.25) is 0 Å². The predicted octanol–water partition coefficient (Wildman–Crippen LogP) is 16.3. The summed E-state index contributed by atoms with van der Waals surface area (Å²) in [6.07, 6.45) is 0. The maximum Gasteiger partial charge on any atom is 0.164 e. The van der Waals surface area contributed by atoms with Gasteiger partial charge in [-0.1, -0.05) is 182 Å². The lowest BCUT2D eigenvalue weighted by molar-refractivity contribution is 0.793. The number of hydrogen-bond donors (Lipinski definition) is 0. The lowest BCUT2D eigenvalue weighted by Gasteiger charge is -2.30. The van der Waals surface area contributed by atoms with Gasteiger partial charge in [0.2, 0.25) is 0 Å². The highest BCUT2D eigenvalue weighted by atomic mass is 32.1. The Labute approximate surface area is 402 Å². The molecule has 2 aliphatic carbocycles. The lowest BCUT2D eigenvalue weighted by Crippen LogP contribution is -2.25. The van der Waals surface area contributed by atoms with Crippen molar-refractivity contribution in [2.24, 2.45) is 0 Å². The first-order valence-electron chi connectivity index (χ1n) is 23.5. The van der Waals surface area contributed by atoms with Crippen LogP contribution in [0.4, 0.5) is 0 Å². The number of hydrogen-bond acceptors (Lipinski definition) is 4. The van der Waals surface area contributed by atoms with Crippen molar-refractivity contribution in [2.75, 3.05) is 0 Å². The van der Waals surface area contributed by atoms with Gasteiger partial charge in [0.05, 0.1) is 16.4 Å². The predicted molar refractivity (Wildman–Crippen MR) is 285 cm³/mol. The first-order chi connectivity index (χ1) is 34.2. The third kappa shape index (κ3) is 5.48. The largest absolute Gasteiger partial charge is 0.309 e. The molecule has 0 fully saturated rings. The van der Waals surface area contributed by atoms with E-state index in [-0.39, 0.29) is 5.41 Å². The summed E-state index contributed by atoms with van der Waals surface area (Å²) < 4.78 is 4.89. The first-order valence-corrected chi connectivity index (χ1v) is 24.3. The molecule has 0 aliphatic heterocycles. The van der Waals surface area contributed by atoms with Gasteiger partial charge in [0, 0.05) is 53.3 Å². The normalized spacial score (nSPS) is 13.0. The molecule has 0 N–H and O–H groups in total. The zero-order chi connectivity index (χ0) is 45.2. The quantitative estimate of drug-likeness (QED) is 0.173. The number of rotatable bonds is 5. The van der Waals surface area contributed by atoms with E-state index >= 15 is 0 Å². The maximum atomic E-state index is 5.15. The molecule has 15 rings (SSSR count). The van der Waals surface area contributed by atoms with Crippen LogP contribution in [0.15, 0.2) is 231 Å². The molecule has 0 saturated heterocycles. The summed E-state index contributed by atoms with van der Waals surface area (Å²) in [6, 6.07) is 83.9. The summed E-state index contributed by atoms with van der Waals surface area (Å²) in [5.41, 5.74) is 19.0. The van der Waals surface area contributed by atoms with Gasteiger partial charge in [-0.25, -0.2) is 15.0 Å². The zero-order valence-electron chi connectivity index (χ0n) is 37.1. The van der Waals surface area contributed by atoms with Gasteiger partial charge in [-0.2, -0.15) is 0 Å². The van der Waals surface area contributed by atoms with Crippen molar-refractivity contribution in [2.45, 2.75) is 5.41 Å². The molecule has 0 radical (unpaired) electrons.